The van der Waals surface area contributed by atoms with Crippen LogP contribution < -0.4 is 5.32 Å². The molecule has 1 aromatic carbocycles. The van der Waals surface area contributed by atoms with Crippen LogP contribution in [0.5, 0.6) is 0 Å². The van der Waals surface area contributed by atoms with E-state index in [1.54, 1.807) is 23.6 Å². The highest BCUT2D eigenvalue weighted by atomic mass is 32.1. The van der Waals surface area contributed by atoms with E-state index in [9.17, 15) is 24.8 Å². The zero-order valence-electron chi connectivity index (χ0n) is 15.4. The lowest BCUT2D eigenvalue weighted by atomic mass is 9.79. The maximum Gasteiger partial charge on any atom is 0.336 e. The van der Waals surface area contributed by atoms with Crippen molar-refractivity contribution in [2.75, 3.05) is 7.11 Å². The largest absolute Gasteiger partial charge is 0.478 e. The summed E-state index contributed by atoms with van der Waals surface area (Å²) in [5.41, 5.74) is 1.53. The van der Waals surface area contributed by atoms with Crippen LogP contribution in [0.2, 0.25) is 0 Å². The summed E-state index contributed by atoms with van der Waals surface area (Å²) in [4.78, 5) is 36.6. The van der Waals surface area contributed by atoms with Crippen LogP contribution in [0.4, 0.5) is 0 Å². The molecule has 0 radical (unpaired) electrons. The standard InChI is InChI=1S/C21H16N2O5S/c1-28-21(27)17-15(13-9-29-19-11(7-22)3-2-4-12(13)19)16(20(25)26)14(8-24)23-18(17)10-5-6-10/h2-4,8-10,15,23H,5-6H2,1H3,(H,25,26). The fourth-order valence-electron chi connectivity index (χ4n) is 3.80. The third kappa shape index (κ3) is 3.00. The summed E-state index contributed by atoms with van der Waals surface area (Å²) >= 11 is 1.31. The van der Waals surface area contributed by atoms with E-state index in [0.29, 0.717) is 33.2 Å². The lowest BCUT2D eigenvalue weighted by molar-refractivity contribution is -0.136. The van der Waals surface area contributed by atoms with E-state index in [4.69, 9.17) is 4.74 Å². The molecule has 2 heterocycles. The Bertz CT molecular complexity index is 1160. The van der Waals surface area contributed by atoms with E-state index >= 15 is 0 Å². The first-order valence-corrected chi connectivity index (χ1v) is 9.82. The number of aldehydes is 1. The van der Waals surface area contributed by atoms with Crippen LogP contribution in [0.1, 0.15) is 29.9 Å². The van der Waals surface area contributed by atoms with Crippen LogP contribution in [-0.4, -0.2) is 30.4 Å². The third-order valence-corrected chi connectivity index (χ3v) is 6.27. The predicted octanol–water partition coefficient (Wildman–Crippen LogP) is 2.83. The second-order valence-corrected chi connectivity index (χ2v) is 7.77. The molecule has 1 aromatic heterocycles. The van der Waals surface area contributed by atoms with Gasteiger partial charge in [0.1, 0.15) is 6.07 Å². The van der Waals surface area contributed by atoms with Gasteiger partial charge >= 0.3 is 11.9 Å². The minimum Gasteiger partial charge on any atom is -0.478 e. The average Bonchev–Trinajstić information content (AvgIpc) is 3.49. The van der Waals surface area contributed by atoms with Gasteiger partial charge in [-0.05, 0) is 41.2 Å². The Balaban J connectivity index is 2.04. The second kappa shape index (κ2) is 7.18. The van der Waals surface area contributed by atoms with Crippen LogP contribution in [0.15, 0.2) is 46.1 Å². The number of ether oxygens (including phenoxy) is 1. The van der Waals surface area contributed by atoms with Crippen LogP contribution in [0.3, 0.4) is 0 Å². The van der Waals surface area contributed by atoms with Crippen molar-refractivity contribution >= 4 is 39.6 Å². The van der Waals surface area contributed by atoms with Crippen molar-refractivity contribution in [2.45, 2.75) is 18.8 Å². The molecule has 1 fully saturated rings. The molecule has 4 rings (SSSR count). The van der Waals surface area contributed by atoms with E-state index in [2.05, 4.69) is 11.4 Å². The molecule has 7 nitrogen and oxygen atoms in total. The lowest BCUT2D eigenvalue weighted by Gasteiger charge is -2.30. The lowest BCUT2D eigenvalue weighted by Crippen LogP contribution is -2.34. The zero-order valence-corrected chi connectivity index (χ0v) is 16.2. The van der Waals surface area contributed by atoms with Crippen molar-refractivity contribution in [1.82, 2.24) is 5.32 Å². The van der Waals surface area contributed by atoms with Gasteiger partial charge in [-0.25, -0.2) is 9.59 Å². The van der Waals surface area contributed by atoms with Crippen molar-refractivity contribution in [1.29, 1.82) is 5.26 Å². The smallest absolute Gasteiger partial charge is 0.336 e. The van der Waals surface area contributed by atoms with E-state index < -0.39 is 17.9 Å². The first-order valence-electron chi connectivity index (χ1n) is 8.94. The van der Waals surface area contributed by atoms with Crippen LogP contribution in [0.25, 0.3) is 10.1 Å². The van der Waals surface area contributed by atoms with Gasteiger partial charge in [0.05, 0.1) is 40.1 Å². The number of carboxylic acids is 1. The molecule has 0 bridgehead atoms. The molecule has 1 atom stereocenters. The third-order valence-electron chi connectivity index (χ3n) is 5.23. The number of carbonyl (C=O) groups is 3. The van der Waals surface area contributed by atoms with Crippen molar-refractivity contribution in [3.05, 3.63) is 57.2 Å². The summed E-state index contributed by atoms with van der Waals surface area (Å²) in [5.74, 6) is -2.85. The quantitative estimate of drug-likeness (QED) is 0.577. The first-order chi connectivity index (χ1) is 14.0. The number of fused-ring (bicyclic) bond motifs is 1. The summed E-state index contributed by atoms with van der Waals surface area (Å²) in [6.45, 7) is 0. The summed E-state index contributed by atoms with van der Waals surface area (Å²) in [6, 6.07) is 7.32. The van der Waals surface area contributed by atoms with Crippen LogP contribution in [0, 0.1) is 17.2 Å². The van der Waals surface area contributed by atoms with Gasteiger partial charge in [-0.2, -0.15) is 5.26 Å². The Morgan fingerprint density at radius 2 is 2.10 bits per heavy atom. The number of carboxylic acid groups (broad SMARTS) is 1. The van der Waals surface area contributed by atoms with E-state index in [1.165, 1.54) is 18.4 Å². The summed E-state index contributed by atoms with van der Waals surface area (Å²) < 4.78 is 5.70. The molecule has 146 valence electrons. The fraction of sp³-hybridized carbons (Fsp3) is 0.238. The molecular weight excluding hydrogens is 392 g/mol. The Morgan fingerprint density at radius 3 is 2.69 bits per heavy atom. The molecule has 1 aliphatic carbocycles. The number of esters is 1. The fourth-order valence-corrected chi connectivity index (χ4v) is 4.86. The van der Waals surface area contributed by atoms with Crippen molar-refractivity contribution in [2.24, 2.45) is 5.92 Å². The highest BCUT2D eigenvalue weighted by Gasteiger charge is 2.43. The predicted molar refractivity (Wildman–Crippen MR) is 105 cm³/mol. The number of benzene rings is 1. The molecular formula is C21H16N2O5S. The van der Waals surface area contributed by atoms with Crippen LogP contribution in [-0.2, 0) is 19.1 Å². The number of nitrogens with zero attached hydrogens (tertiary/aromatic N) is 1. The molecule has 2 N–H and O–H groups in total. The Morgan fingerprint density at radius 1 is 1.34 bits per heavy atom. The number of rotatable bonds is 5. The van der Waals surface area contributed by atoms with Gasteiger partial charge in [0.15, 0.2) is 6.29 Å². The Kier molecular flexibility index (Phi) is 4.68. The number of hydrogen-bond acceptors (Lipinski definition) is 7. The molecule has 2 aliphatic rings. The number of nitrogens with one attached hydrogen (secondary N) is 1. The molecule has 1 aliphatic heterocycles. The van der Waals surface area contributed by atoms with Crippen molar-refractivity contribution < 1.29 is 24.2 Å². The molecule has 0 saturated heterocycles. The highest BCUT2D eigenvalue weighted by Crippen LogP contribution is 2.48. The second-order valence-electron chi connectivity index (χ2n) is 6.89. The minimum atomic E-state index is -1.29. The summed E-state index contributed by atoms with van der Waals surface area (Å²) in [5, 5.41) is 24.6. The molecule has 2 aromatic rings. The monoisotopic (exact) mass is 408 g/mol. The molecule has 0 amide bonds. The number of allylic oxidation sites excluding steroid dienone is 2. The zero-order chi connectivity index (χ0) is 20.7. The Hall–Kier alpha value is -3.44. The minimum absolute atomic E-state index is 0.0523. The number of aliphatic carboxylic acids is 1. The Labute approximate surface area is 169 Å². The molecule has 29 heavy (non-hydrogen) atoms. The molecule has 0 spiro atoms. The number of hydrogen-bond donors (Lipinski definition) is 2. The number of thiophene rings is 1. The van der Waals surface area contributed by atoms with Gasteiger partial charge in [0, 0.05) is 5.70 Å². The van der Waals surface area contributed by atoms with E-state index in [0.717, 1.165) is 12.8 Å². The van der Waals surface area contributed by atoms with E-state index in [-0.39, 0.29) is 22.8 Å². The van der Waals surface area contributed by atoms with Gasteiger partial charge in [0.25, 0.3) is 0 Å². The average molecular weight is 408 g/mol. The highest BCUT2D eigenvalue weighted by molar-refractivity contribution is 7.17. The summed E-state index contributed by atoms with van der Waals surface area (Å²) in [7, 11) is 1.25. The normalized spacial score (nSPS) is 19.0. The number of methoxy groups -OCH3 is 1. The topological polar surface area (TPSA) is 116 Å². The number of nitriles is 1. The molecule has 8 heteroatoms. The number of carbonyl (C=O) groups excluding carboxylic acids is 2. The van der Waals surface area contributed by atoms with Gasteiger partial charge in [-0.1, -0.05) is 12.1 Å². The van der Waals surface area contributed by atoms with Crippen molar-refractivity contribution in [3.8, 4) is 6.07 Å². The first kappa shape index (κ1) is 18.9. The van der Waals surface area contributed by atoms with Crippen molar-refractivity contribution in [3.63, 3.8) is 0 Å². The SMILES string of the molecule is COC(=O)C1=C(C2CC2)NC(C=O)=C(C(=O)O)C1c1csc2c(C#N)cccc12. The maximum absolute atomic E-state index is 12.8. The molecule has 1 saturated carbocycles. The summed E-state index contributed by atoms with van der Waals surface area (Å²) in [6.07, 6.45) is 2.16. The van der Waals surface area contributed by atoms with Gasteiger partial charge in [-0.3, -0.25) is 4.79 Å². The van der Waals surface area contributed by atoms with Crippen LogP contribution >= 0.6 is 11.3 Å². The van der Waals surface area contributed by atoms with Gasteiger partial charge < -0.3 is 15.2 Å². The maximum atomic E-state index is 12.8. The number of dihydropyridines is 1. The van der Waals surface area contributed by atoms with Gasteiger partial charge in [0.2, 0.25) is 0 Å². The van der Waals surface area contributed by atoms with Gasteiger partial charge in [-0.15, -0.1) is 11.3 Å². The molecule has 1 unspecified atom stereocenters. The van der Waals surface area contributed by atoms with E-state index in [1.807, 2.05) is 0 Å².